The molecule has 0 saturated carbocycles. The average molecular weight is 493 g/mol. The first kappa shape index (κ1) is 27.2. The fourth-order valence-corrected chi connectivity index (χ4v) is 4.09. The quantitative estimate of drug-likeness (QED) is 0.309. The number of nitrogens with two attached hydrogens (primary N) is 1. The van der Waals surface area contributed by atoms with Gasteiger partial charge in [-0.2, -0.15) is 0 Å². The smallest absolute Gasteiger partial charge is 0.309 e. The molecule has 0 spiro atoms. The molecule has 0 unspecified atom stereocenters. The van der Waals surface area contributed by atoms with E-state index >= 15 is 0 Å². The predicted octanol–water partition coefficient (Wildman–Crippen LogP) is 4.53. The minimum absolute atomic E-state index is 0.0607. The van der Waals surface area contributed by atoms with Gasteiger partial charge in [-0.1, -0.05) is 42.0 Å². The van der Waals surface area contributed by atoms with E-state index in [1.54, 1.807) is 6.92 Å². The van der Waals surface area contributed by atoms with Crippen molar-refractivity contribution in [2.75, 3.05) is 36.4 Å². The number of ketones is 1. The summed E-state index contributed by atoms with van der Waals surface area (Å²) in [6.07, 6.45) is 0.915. The summed E-state index contributed by atoms with van der Waals surface area (Å²) >= 11 is 11.8. The number of hydrogen-bond donors (Lipinski definition) is 1. The van der Waals surface area contributed by atoms with Gasteiger partial charge in [-0.05, 0) is 49.9 Å². The van der Waals surface area contributed by atoms with Crippen molar-refractivity contribution >= 4 is 40.6 Å². The van der Waals surface area contributed by atoms with Crippen molar-refractivity contribution in [3.05, 3.63) is 65.2 Å². The topological polar surface area (TPSA) is 72.6 Å². The number of carbonyl (C=O) groups is 2. The highest BCUT2D eigenvalue weighted by atomic mass is 35.5. The Bertz CT molecular complexity index is 866. The first-order chi connectivity index (χ1) is 15.9. The van der Waals surface area contributed by atoms with E-state index in [4.69, 9.17) is 33.7 Å². The normalized spacial score (nSPS) is 12.8. The van der Waals surface area contributed by atoms with E-state index in [9.17, 15) is 9.59 Å². The number of aryl methyl sites for hydroxylation is 1. The summed E-state index contributed by atoms with van der Waals surface area (Å²) in [4.78, 5) is 27.5. The first-order valence-electron chi connectivity index (χ1n) is 11.3. The summed E-state index contributed by atoms with van der Waals surface area (Å²) in [7, 11) is 0. The fourth-order valence-electron chi connectivity index (χ4n) is 3.69. The molecule has 0 aromatic heterocycles. The lowest BCUT2D eigenvalue weighted by molar-refractivity contribution is -0.149. The number of halogens is 2. The van der Waals surface area contributed by atoms with Crippen LogP contribution in [0.15, 0.2) is 48.5 Å². The van der Waals surface area contributed by atoms with Crippen molar-refractivity contribution in [2.24, 2.45) is 11.7 Å². The average Bonchev–Trinajstić information content (AvgIpc) is 2.80. The van der Waals surface area contributed by atoms with Crippen LogP contribution in [0.25, 0.3) is 0 Å². The van der Waals surface area contributed by atoms with Crippen molar-refractivity contribution in [2.45, 2.75) is 39.2 Å². The molecule has 0 radical (unpaired) electrons. The van der Waals surface area contributed by atoms with Crippen molar-refractivity contribution in [3.8, 4) is 0 Å². The van der Waals surface area contributed by atoms with Crippen molar-refractivity contribution in [1.29, 1.82) is 0 Å². The summed E-state index contributed by atoms with van der Waals surface area (Å²) in [5, 5.41) is 0. The highest BCUT2D eigenvalue weighted by Gasteiger charge is 2.26. The van der Waals surface area contributed by atoms with E-state index in [1.807, 2.05) is 55.5 Å². The van der Waals surface area contributed by atoms with Crippen molar-refractivity contribution < 1.29 is 14.3 Å². The SMILES string of the molecule is CCOC(=O)[C@@H](CC(=O)[C@@H](N)Cc1ccc(N(CCCl)CCCl)cc1)Cc1ccc(C)cc1. The molecule has 180 valence electrons. The number of ether oxygens (including phenoxy) is 1. The Morgan fingerprint density at radius 2 is 1.48 bits per heavy atom. The highest BCUT2D eigenvalue weighted by Crippen LogP contribution is 2.19. The standard InChI is InChI=1S/C26H34Cl2N2O3/c1-3-33-26(32)22(16-20-6-4-19(2)5-7-20)18-25(31)24(29)17-21-8-10-23(11-9-21)30(14-12-27)15-13-28/h4-11,22,24H,3,12-18,29H2,1-2H3/t22-,24+/m1/s1. The summed E-state index contributed by atoms with van der Waals surface area (Å²) in [5.41, 5.74) is 10.4. The van der Waals surface area contributed by atoms with Gasteiger partial charge in [0.15, 0.2) is 5.78 Å². The number of Topliss-reactive ketones (excluding diaryl/α,β-unsaturated/α-hetero) is 1. The van der Waals surface area contributed by atoms with Crippen LogP contribution >= 0.6 is 23.2 Å². The van der Waals surface area contributed by atoms with Crippen LogP contribution in [-0.4, -0.2) is 49.3 Å². The number of alkyl halides is 2. The lowest BCUT2D eigenvalue weighted by atomic mass is 9.90. The molecule has 2 rings (SSSR count). The molecule has 0 aliphatic heterocycles. The van der Waals surface area contributed by atoms with E-state index in [1.165, 1.54) is 0 Å². The number of anilines is 1. The summed E-state index contributed by atoms with van der Waals surface area (Å²) in [6.45, 7) is 5.47. The molecule has 0 saturated heterocycles. The maximum atomic E-state index is 12.9. The maximum Gasteiger partial charge on any atom is 0.309 e. The second-order valence-electron chi connectivity index (χ2n) is 8.15. The zero-order chi connectivity index (χ0) is 24.2. The van der Waals surface area contributed by atoms with Gasteiger partial charge in [0.25, 0.3) is 0 Å². The van der Waals surface area contributed by atoms with Gasteiger partial charge >= 0.3 is 5.97 Å². The molecule has 0 bridgehead atoms. The number of hydrogen-bond acceptors (Lipinski definition) is 5. The maximum absolute atomic E-state index is 12.9. The zero-order valence-electron chi connectivity index (χ0n) is 19.4. The molecule has 0 aliphatic rings. The number of esters is 1. The molecule has 0 amide bonds. The Kier molecular flexibility index (Phi) is 11.7. The van der Waals surface area contributed by atoms with Crippen LogP contribution in [0.3, 0.4) is 0 Å². The van der Waals surface area contributed by atoms with Crippen LogP contribution in [0.5, 0.6) is 0 Å². The summed E-state index contributed by atoms with van der Waals surface area (Å²) in [6, 6.07) is 15.2. The Labute approximate surface area is 207 Å². The highest BCUT2D eigenvalue weighted by molar-refractivity contribution is 6.18. The number of carbonyl (C=O) groups excluding carboxylic acids is 2. The van der Waals surface area contributed by atoms with Crippen molar-refractivity contribution in [1.82, 2.24) is 0 Å². The van der Waals surface area contributed by atoms with Gasteiger partial charge < -0.3 is 15.4 Å². The van der Waals surface area contributed by atoms with E-state index in [0.717, 1.165) is 22.4 Å². The molecular weight excluding hydrogens is 459 g/mol. The summed E-state index contributed by atoms with van der Waals surface area (Å²) in [5.74, 6) is -0.0187. The number of rotatable bonds is 14. The molecule has 2 atom stereocenters. The third-order valence-corrected chi connectivity index (χ3v) is 5.89. The van der Waals surface area contributed by atoms with Gasteiger partial charge in [0.2, 0.25) is 0 Å². The van der Waals surface area contributed by atoms with Gasteiger partial charge in [0.05, 0.1) is 18.6 Å². The van der Waals surface area contributed by atoms with Crippen LogP contribution in [0, 0.1) is 12.8 Å². The van der Waals surface area contributed by atoms with E-state index in [2.05, 4.69) is 4.90 Å². The molecular formula is C26H34Cl2N2O3. The fraction of sp³-hybridized carbons (Fsp3) is 0.462. The second kappa shape index (κ2) is 14.2. The molecule has 2 aromatic carbocycles. The van der Waals surface area contributed by atoms with E-state index in [0.29, 0.717) is 37.7 Å². The Morgan fingerprint density at radius 3 is 2.03 bits per heavy atom. The Morgan fingerprint density at radius 1 is 0.939 bits per heavy atom. The lowest BCUT2D eigenvalue weighted by Gasteiger charge is -2.23. The minimum Gasteiger partial charge on any atom is -0.466 e. The van der Waals surface area contributed by atoms with Crippen LogP contribution in [0.4, 0.5) is 5.69 Å². The molecule has 0 heterocycles. The molecule has 0 aliphatic carbocycles. The van der Waals surface area contributed by atoms with Gasteiger partial charge in [-0.15, -0.1) is 23.2 Å². The lowest BCUT2D eigenvalue weighted by Crippen LogP contribution is -2.36. The third kappa shape index (κ3) is 9.00. The molecule has 0 fully saturated rings. The van der Waals surface area contributed by atoms with E-state index < -0.39 is 12.0 Å². The first-order valence-corrected chi connectivity index (χ1v) is 12.4. The van der Waals surface area contributed by atoms with Crippen LogP contribution in [0.2, 0.25) is 0 Å². The molecule has 2 N–H and O–H groups in total. The predicted molar refractivity (Wildman–Crippen MR) is 136 cm³/mol. The molecule has 7 heteroatoms. The molecule has 2 aromatic rings. The third-order valence-electron chi connectivity index (χ3n) is 5.55. The number of benzene rings is 2. The minimum atomic E-state index is -0.687. The van der Waals surface area contributed by atoms with Crippen molar-refractivity contribution in [3.63, 3.8) is 0 Å². The summed E-state index contributed by atoms with van der Waals surface area (Å²) < 4.78 is 5.22. The van der Waals surface area contributed by atoms with Gasteiger partial charge in [-0.25, -0.2) is 0 Å². The van der Waals surface area contributed by atoms with Gasteiger partial charge in [0, 0.05) is 37.0 Å². The zero-order valence-corrected chi connectivity index (χ0v) is 20.9. The van der Waals surface area contributed by atoms with Crippen LogP contribution in [0.1, 0.15) is 30.0 Å². The monoisotopic (exact) mass is 492 g/mol. The van der Waals surface area contributed by atoms with Gasteiger partial charge in [-0.3, -0.25) is 9.59 Å². The van der Waals surface area contributed by atoms with Gasteiger partial charge in [0.1, 0.15) is 0 Å². The molecule has 33 heavy (non-hydrogen) atoms. The number of nitrogens with zero attached hydrogens (tertiary/aromatic N) is 1. The second-order valence-corrected chi connectivity index (χ2v) is 8.91. The Balaban J connectivity index is 2.02. The Hall–Kier alpha value is -2.08. The largest absolute Gasteiger partial charge is 0.466 e. The van der Waals surface area contributed by atoms with Crippen LogP contribution in [-0.2, 0) is 27.2 Å². The van der Waals surface area contributed by atoms with Crippen LogP contribution < -0.4 is 10.6 Å². The van der Waals surface area contributed by atoms with E-state index in [-0.39, 0.29) is 24.8 Å². The molecule has 5 nitrogen and oxygen atoms in total.